The van der Waals surface area contributed by atoms with Crippen molar-refractivity contribution < 1.29 is 9.59 Å². The largest absolute Gasteiger partial charge is 0.322 e. The van der Waals surface area contributed by atoms with E-state index in [1.165, 1.54) is 4.88 Å². The van der Waals surface area contributed by atoms with E-state index in [1.54, 1.807) is 11.3 Å². The molecule has 0 spiro atoms. The first-order chi connectivity index (χ1) is 14.5. The summed E-state index contributed by atoms with van der Waals surface area (Å²) in [7, 11) is 0. The number of likely N-dealkylation sites (tertiary alicyclic amines) is 1. The lowest BCUT2D eigenvalue weighted by Crippen LogP contribution is -2.38. The monoisotopic (exact) mass is 425 g/mol. The molecular weight excluding hydrogens is 394 g/mol. The summed E-state index contributed by atoms with van der Waals surface area (Å²) in [6.07, 6.45) is 5.23. The Morgan fingerprint density at radius 1 is 1.03 bits per heavy atom. The van der Waals surface area contributed by atoms with Crippen molar-refractivity contribution in [2.75, 3.05) is 30.3 Å². The van der Waals surface area contributed by atoms with Gasteiger partial charge in [-0.05, 0) is 74.7 Å². The number of benzene rings is 1. The molecule has 6 heteroatoms. The van der Waals surface area contributed by atoms with Crippen LogP contribution in [0.2, 0.25) is 0 Å². The van der Waals surface area contributed by atoms with Crippen LogP contribution < -0.4 is 10.6 Å². The fourth-order valence-electron chi connectivity index (χ4n) is 4.38. The van der Waals surface area contributed by atoms with Crippen LogP contribution in [0.5, 0.6) is 0 Å². The van der Waals surface area contributed by atoms with Crippen molar-refractivity contribution in [3.8, 4) is 0 Å². The lowest BCUT2D eigenvalue weighted by Gasteiger charge is -2.29. The molecule has 2 amide bonds. The van der Waals surface area contributed by atoms with E-state index in [4.69, 9.17) is 0 Å². The van der Waals surface area contributed by atoms with Gasteiger partial charge in [0, 0.05) is 10.6 Å². The fraction of sp³-hybridized carbons (Fsp3) is 0.500. The number of carbonyl (C=O) groups excluding carboxylic acids is 2. The van der Waals surface area contributed by atoms with Gasteiger partial charge < -0.3 is 10.6 Å². The average Bonchev–Trinajstić information content (AvgIpc) is 3.07. The molecule has 1 aromatic carbocycles. The molecule has 1 saturated heterocycles. The minimum Gasteiger partial charge on any atom is -0.322 e. The number of amides is 2. The number of anilines is 2. The second kappa shape index (κ2) is 9.31. The van der Waals surface area contributed by atoms with Crippen molar-refractivity contribution in [3.05, 3.63) is 46.3 Å². The van der Waals surface area contributed by atoms with E-state index in [0.717, 1.165) is 62.4 Å². The Hall–Kier alpha value is -2.18. The Balaban J connectivity index is 1.52. The molecule has 2 heterocycles. The summed E-state index contributed by atoms with van der Waals surface area (Å²) in [5.74, 6) is 1.20. The Morgan fingerprint density at radius 3 is 2.50 bits per heavy atom. The normalized spacial score (nSPS) is 19.9. The molecule has 2 aliphatic rings. The SMILES string of the molecule is CC1CCN(CC(=O)Nc2sc3c(c2C(=O)Nc2ccccc2)CC[C@@H](C)C3)CC1. The van der Waals surface area contributed by atoms with Gasteiger partial charge in [-0.15, -0.1) is 11.3 Å². The smallest absolute Gasteiger partial charge is 0.258 e. The predicted molar refractivity (Wildman–Crippen MR) is 123 cm³/mol. The molecule has 1 aliphatic heterocycles. The molecule has 0 unspecified atom stereocenters. The van der Waals surface area contributed by atoms with Crippen LogP contribution in [0.25, 0.3) is 0 Å². The number of nitrogens with zero attached hydrogens (tertiary/aromatic N) is 1. The predicted octanol–water partition coefficient (Wildman–Crippen LogP) is 4.80. The highest BCUT2D eigenvalue weighted by molar-refractivity contribution is 7.17. The average molecular weight is 426 g/mol. The molecule has 1 aliphatic carbocycles. The van der Waals surface area contributed by atoms with Crippen LogP contribution in [0.4, 0.5) is 10.7 Å². The number of hydrogen-bond acceptors (Lipinski definition) is 4. The highest BCUT2D eigenvalue weighted by Crippen LogP contribution is 2.40. The Morgan fingerprint density at radius 2 is 1.77 bits per heavy atom. The summed E-state index contributed by atoms with van der Waals surface area (Å²) in [4.78, 5) is 29.4. The van der Waals surface area contributed by atoms with E-state index < -0.39 is 0 Å². The standard InChI is InChI=1S/C24H31N3O2S/c1-16-10-12-27(13-11-16)15-21(28)26-24-22(19-9-8-17(2)14-20(19)30-24)23(29)25-18-6-4-3-5-7-18/h3-7,16-17H,8-15H2,1-2H3,(H,25,29)(H,26,28)/t17-/m1/s1. The molecule has 0 saturated carbocycles. The molecule has 30 heavy (non-hydrogen) atoms. The molecule has 2 N–H and O–H groups in total. The first kappa shape index (κ1) is 21.1. The van der Waals surface area contributed by atoms with E-state index >= 15 is 0 Å². The number of piperidine rings is 1. The maximum Gasteiger partial charge on any atom is 0.258 e. The number of nitrogens with one attached hydrogen (secondary N) is 2. The van der Waals surface area contributed by atoms with E-state index in [0.29, 0.717) is 23.0 Å². The Bertz CT molecular complexity index is 901. The van der Waals surface area contributed by atoms with Gasteiger partial charge in [0.15, 0.2) is 0 Å². The summed E-state index contributed by atoms with van der Waals surface area (Å²) < 4.78 is 0. The number of rotatable bonds is 5. The molecule has 160 valence electrons. The van der Waals surface area contributed by atoms with Gasteiger partial charge in [0.1, 0.15) is 5.00 Å². The molecule has 0 bridgehead atoms. The summed E-state index contributed by atoms with van der Waals surface area (Å²) in [6, 6.07) is 9.50. The molecule has 2 aromatic rings. The van der Waals surface area contributed by atoms with Crippen molar-refractivity contribution in [1.82, 2.24) is 4.90 Å². The van der Waals surface area contributed by atoms with Crippen LogP contribution in [-0.4, -0.2) is 36.3 Å². The van der Waals surface area contributed by atoms with Crippen molar-refractivity contribution in [2.24, 2.45) is 11.8 Å². The van der Waals surface area contributed by atoms with Gasteiger partial charge in [-0.1, -0.05) is 32.0 Å². The van der Waals surface area contributed by atoms with Crippen molar-refractivity contribution in [2.45, 2.75) is 46.0 Å². The Kier molecular flexibility index (Phi) is 6.54. The first-order valence-corrected chi connectivity index (χ1v) is 11.8. The fourth-order valence-corrected chi connectivity index (χ4v) is 5.81. The summed E-state index contributed by atoms with van der Waals surface area (Å²) in [6.45, 7) is 6.85. The van der Waals surface area contributed by atoms with Gasteiger partial charge in [-0.25, -0.2) is 0 Å². The second-order valence-electron chi connectivity index (χ2n) is 8.88. The lowest BCUT2D eigenvalue weighted by molar-refractivity contribution is -0.117. The minimum atomic E-state index is -0.129. The molecule has 1 aromatic heterocycles. The van der Waals surface area contributed by atoms with Gasteiger partial charge in [0.05, 0.1) is 12.1 Å². The zero-order valence-electron chi connectivity index (χ0n) is 17.9. The summed E-state index contributed by atoms with van der Waals surface area (Å²) >= 11 is 1.58. The molecule has 1 atom stereocenters. The summed E-state index contributed by atoms with van der Waals surface area (Å²) in [5.41, 5.74) is 2.55. The molecule has 5 nitrogen and oxygen atoms in total. The number of carbonyl (C=O) groups is 2. The van der Waals surface area contributed by atoms with E-state index in [2.05, 4.69) is 29.4 Å². The van der Waals surface area contributed by atoms with Gasteiger partial charge >= 0.3 is 0 Å². The molecular formula is C24H31N3O2S. The molecule has 0 radical (unpaired) electrons. The maximum absolute atomic E-state index is 13.2. The second-order valence-corrected chi connectivity index (χ2v) is 9.99. The zero-order valence-corrected chi connectivity index (χ0v) is 18.7. The van der Waals surface area contributed by atoms with Gasteiger partial charge in [0.2, 0.25) is 5.91 Å². The zero-order chi connectivity index (χ0) is 21.1. The van der Waals surface area contributed by atoms with Crippen LogP contribution >= 0.6 is 11.3 Å². The van der Waals surface area contributed by atoms with Crippen LogP contribution in [0.3, 0.4) is 0 Å². The lowest BCUT2D eigenvalue weighted by atomic mass is 9.88. The number of para-hydroxylation sites is 1. The maximum atomic E-state index is 13.2. The molecule has 1 fully saturated rings. The number of fused-ring (bicyclic) bond motifs is 1. The minimum absolute atomic E-state index is 0.0232. The highest BCUT2D eigenvalue weighted by atomic mass is 32.1. The van der Waals surface area contributed by atoms with Crippen molar-refractivity contribution in [1.29, 1.82) is 0 Å². The third kappa shape index (κ3) is 4.93. The van der Waals surface area contributed by atoms with Crippen LogP contribution in [0.1, 0.15) is 53.9 Å². The first-order valence-electron chi connectivity index (χ1n) is 11.0. The number of thiophene rings is 1. The van der Waals surface area contributed by atoms with Crippen molar-refractivity contribution in [3.63, 3.8) is 0 Å². The molecule has 4 rings (SSSR count). The van der Waals surface area contributed by atoms with E-state index in [9.17, 15) is 9.59 Å². The third-order valence-electron chi connectivity index (χ3n) is 6.27. The van der Waals surface area contributed by atoms with E-state index in [-0.39, 0.29) is 11.8 Å². The van der Waals surface area contributed by atoms with Crippen molar-refractivity contribution >= 4 is 33.8 Å². The van der Waals surface area contributed by atoms with Gasteiger partial charge in [-0.3, -0.25) is 14.5 Å². The quantitative estimate of drug-likeness (QED) is 0.724. The van der Waals surface area contributed by atoms with Gasteiger partial charge in [-0.2, -0.15) is 0 Å². The third-order valence-corrected chi connectivity index (χ3v) is 7.44. The van der Waals surface area contributed by atoms with Crippen LogP contribution in [0.15, 0.2) is 30.3 Å². The Labute approximate surface area is 182 Å². The van der Waals surface area contributed by atoms with Gasteiger partial charge in [0.25, 0.3) is 5.91 Å². The highest BCUT2D eigenvalue weighted by Gasteiger charge is 2.29. The number of hydrogen-bond donors (Lipinski definition) is 2. The van der Waals surface area contributed by atoms with E-state index in [1.807, 2.05) is 30.3 Å². The van der Waals surface area contributed by atoms with Crippen LogP contribution in [0, 0.1) is 11.8 Å². The topological polar surface area (TPSA) is 61.4 Å². The van der Waals surface area contributed by atoms with Crippen LogP contribution in [-0.2, 0) is 17.6 Å². The summed E-state index contributed by atoms with van der Waals surface area (Å²) in [5, 5.41) is 6.80.